The Labute approximate surface area is 176 Å². The van der Waals surface area contributed by atoms with Crippen molar-refractivity contribution >= 4 is 11.8 Å². The third-order valence-corrected chi connectivity index (χ3v) is 6.38. The van der Waals surface area contributed by atoms with Crippen molar-refractivity contribution in [2.24, 2.45) is 11.8 Å². The van der Waals surface area contributed by atoms with Crippen LogP contribution >= 0.6 is 0 Å². The number of fused-ring (bicyclic) bond motifs is 1. The lowest BCUT2D eigenvalue weighted by Gasteiger charge is -2.43. The van der Waals surface area contributed by atoms with E-state index in [0.29, 0.717) is 45.0 Å². The van der Waals surface area contributed by atoms with Gasteiger partial charge in [-0.05, 0) is 37.3 Å². The van der Waals surface area contributed by atoms with Crippen molar-refractivity contribution in [1.82, 2.24) is 9.80 Å². The Hall–Kier alpha value is -2.35. The van der Waals surface area contributed by atoms with Gasteiger partial charge in [-0.25, -0.2) is 9.18 Å². The second-order valence-corrected chi connectivity index (χ2v) is 8.41. The molecule has 7 nitrogen and oxygen atoms in total. The second-order valence-electron chi connectivity index (χ2n) is 8.41. The van der Waals surface area contributed by atoms with Crippen LogP contribution < -0.4 is 9.47 Å². The fourth-order valence-corrected chi connectivity index (χ4v) is 4.58. The number of hydrogen-bond acceptors (Lipinski definition) is 5. The summed E-state index contributed by atoms with van der Waals surface area (Å²) >= 11 is 0. The SMILES string of the molecule is COc1ccc(OCC2CCN(C(=O)N3CC[C@@H]4OCC(=O)C[C@@H]4C3)CC2)c(F)c1. The van der Waals surface area contributed by atoms with Gasteiger partial charge in [0.1, 0.15) is 12.4 Å². The molecule has 0 N–H and O–H groups in total. The van der Waals surface area contributed by atoms with E-state index in [0.717, 1.165) is 19.3 Å². The van der Waals surface area contributed by atoms with Gasteiger partial charge in [0.2, 0.25) is 0 Å². The van der Waals surface area contributed by atoms with Crippen LogP contribution in [0.2, 0.25) is 0 Å². The molecule has 3 aliphatic rings. The van der Waals surface area contributed by atoms with Crippen LogP contribution in [0.5, 0.6) is 11.5 Å². The first-order valence-electron chi connectivity index (χ1n) is 10.7. The number of halogens is 1. The van der Waals surface area contributed by atoms with E-state index in [4.69, 9.17) is 14.2 Å². The van der Waals surface area contributed by atoms with Gasteiger partial charge in [-0.2, -0.15) is 0 Å². The second kappa shape index (κ2) is 9.20. The molecule has 3 aliphatic heterocycles. The Kier molecular flexibility index (Phi) is 6.41. The largest absolute Gasteiger partial charge is 0.497 e. The zero-order valence-electron chi connectivity index (χ0n) is 17.3. The zero-order valence-corrected chi connectivity index (χ0v) is 17.3. The van der Waals surface area contributed by atoms with Crippen molar-refractivity contribution in [3.63, 3.8) is 0 Å². The molecule has 30 heavy (non-hydrogen) atoms. The molecule has 8 heteroatoms. The number of nitrogens with zero attached hydrogens (tertiary/aromatic N) is 2. The average molecular weight is 420 g/mol. The van der Waals surface area contributed by atoms with Gasteiger partial charge in [0.05, 0.1) is 19.8 Å². The monoisotopic (exact) mass is 420 g/mol. The summed E-state index contributed by atoms with van der Waals surface area (Å²) in [6.45, 7) is 3.24. The molecule has 0 aromatic heterocycles. The van der Waals surface area contributed by atoms with Crippen LogP contribution in [0.4, 0.5) is 9.18 Å². The highest BCUT2D eigenvalue weighted by Gasteiger charge is 2.38. The minimum Gasteiger partial charge on any atom is -0.497 e. The Morgan fingerprint density at radius 1 is 1.20 bits per heavy atom. The number of benzene rings is 1. The van der Waals surface area contributed by atoms with Gasteiger partial charge < -0.3 is 24.0 Å². The Balaban J connectivity index is 1.23. The van der Waals surface area contributed by atoms with Crippen LogP contribution in [0.25, 0.3) is 0 Å². The third kappa shape index (κ3) is 4.69. The first-order valence-corrected chi connectivity index (χ1v) is 10.7. The van der Waals surface area contributed by atoms with Gasteiger partial charge in [-0.3, -0.25) is 4.79 Å². The van der Waals surface area contributed by atoms with Crippen molar-refractivity contribution in [3.8, 4) is 11.5 Å². The van der Waals surface area contributed by atoms with Crippen molar-refractivity contribution in [2.75, 3.05) is 46.5 Å². The number of carbonyl (C=O) groups is 2. The van der Waals surface area contributed by atoms with E-state index < -0.39 is 5.82 Å². The van der Waals surface area contributed by atoms with E-state index >= 15 is 0 Å². The molecule has 4 rings (SSSR count). The number of amides is 2. The minimum absolute atomic E-state index is 0.0482. The predicted octanol–water partition coefficient (Wildman–Crippen LogP) is 2.73. The summed E-state index contributed by atoms with van der Waals surface area (Å²) in [5, 5.41) is 0. The summed E-state index contributed by atoms with van der Waals surface area (Å²) in [4.78, 5) is 28.4. The van der Waals surface area contributed by atoms with E-state index in [1.54, 1.807) is 12.1 Å². The average Bonchev–Trinajstić information content (AvgIpc) is 2.77. The first kappa shape index (κ1) is 20.9. The number of piperidine rings is 2. The molecule has 2 amide bonds. The zero-order chi connectivity index (χ0) is 21.1. The number of rotatable bonds is 4. The summed E-state index contributed by atoms with van der Waals surface area (Å²) in [5.74, 6) is 0.774. The molecule has 3 heterocycles. The Bertz CT molecular complexity index is 781. The minimum atomic E-state index is -0.435. The van der Waals surface area contributed by atoms with Crippen molar-refractivity contribution in [1.29, 1.82) is 0 Å². The third-order valence-electron chi connectivity index (χ3n) is 6.38. The lowest BCUT2D eigenvalue weighted by Crippen LogP contribution is -2.54. The number of methoxy groups -OCH3 is 1. The number of Topliss-reactive ketones (excluding diaryl/α,β-unsaturated/α-hetero) is 1. The van der Waals surface area contributed by atoms with Crippen LogP contribution in [-0.4, -0.2) is 74.2 Å². The molecule has 0 saturated carbocycles. The van der Waals surface area contributed by atoms with E-state index in [2.05, 4.69) is 0 Å². The van der Waals surface area contributed by atoms with Crippen molar-refractivity contribution in [3.05, 3.63) is 24.0 Å². The maximum absolute atomic E-state index is 14.0. The summed E-state index contributed by atoms with van der Waals surface area (Å²) in [7, 11) is 1.50. The van der Waals surface area contributed by atoms with Crippen molar-refractivity contribution in [2.45, 2.75) is 31.8 Å². The fourth-order valence-electron chi connectivity index (χ4n) is 4.58. The molecule has 164 valence electrons. The molecule has 3 saturated heterocycles. The van der Waals surface area contributed by atoms with Crippen LogP contribution in [0.1, 0.15) is 25.7 Å². The van der Waals surface area contributed by atoms with E-state index in [9.17, 15) is 14.0 Å². The molecule has 0 spiro atoms. The van der Waals surface area contributed by atoms with Crippen LogP contribution in [0.15, 0.2) is 18.2 Å². The molecule has 0 aliphatic carbocycles. The van der Waals surface area contributed by atoms with Crippen LogP contribution in [0.3, 0.4) is 0 Å². The number of likely N-dealkylation sites (tertiary alicyclic amines) is 2. The molecule has 1 aromatic rings. The van der Waals surface area contributed by atoms with Crippen LogP contribution in [0, 0.1) is 17.7 Å². The van der Waals surface area contributed by atoms with Gasteiger partial charge in [0.15, 0.2) is 17.3 Å². The van der Waals surface area contributed by atoms with Crippen molar-refractivity contribution < 1.29 is 28.2 Å². The molecule has 3 fully saturated rings. The summed E-state index contributed by atoms with van der Waals surface area (Å²) < 4.78 is 30.3. The number of ketones is 1. The summed E-state index contributed by atoms with van der Waals surface area (Å²) in [6.07, 6.45) is 3.06. The van der Waals surface area contributed by atoms with Crippen LogP contribution in [-0.2, 0) is 9.53 Å². The maximum Gasteiger partial charge on any atom is 0.320 e. The molecule has 2 atom stereocenters. The number of urea groups is 1. The lowest BCUT2D eigenvalue weighted by molar-refractivity contribution is -0.140. The smallest absolute Gasteiger partial charge is 0.320 e. The molecular weight excluding hydrogens is 391 g/mol. The fraction of sp³-hybridized carbons (Fsp3) is 0.636. The summed E-state index contributed by atoms with van der Waals surface area (Å²) in [5.41, 5.74) is 0. The molecular formula is C22H29FN2O5. The van der Waals surface area contributed by atoms with Gasteiger partial charge in [0, 0.05) is 44.6 Å². The van der Waals surface area contributed by atoms with E-state index in [1.165, 1.54) is 13.2 Å². The normalized spacial score (nSPS) is 25.1. The molecule has 0 unspecified atom stereocenters. The molecule has 1 aromatic carbocycles. The van der Waals surface area contributed by atoms with E-state index in [1.807, 2.05) is 9.80 Å². The van der Waals surface area contributed by atoms with Gasteiger partial charge in [-0.1, -0.05) is 0 Å². The maximum atomic E-state index is 14.0. The predicted molar refractivity (Wildman–Crippen MR) is 107 cm³/mol. The molecule has 0 bridgehead atoms. The first-order chi connectivity index (χ1) is 14.5. The standard InChI is InChI=1S/C22H29FN2O5/c1-28-18-2-3-21(19(23)11-18)29-13-15-4-7-24(8-5-15)22(27)25-9-6-20-16(12-25)10-17(26)14-30-20/h2-3,11,15-16,20H,4-10,12-14H2,1H3/t16-,20+/m1/s1. The number of hydrogen-bond donors (Lipinski definition) is 0. The number of carbonyl (C=O) groups excluding carboxylic acids is 2. The Morgan fingerprint density at radius 3 is 2.70 bits per heavy atom. The van der Waals surface area contributed by atoms with Gasteiger partial charge in [0.25, 0.3) is 0 Å². The summed E-state index contributed by atoms with van der Waals surface area (Å²) in [6, 6.07) is 4.61. The highest BCUT2D eigenvalue weighted by Crippen LogP contribution is 2.29. The van der Waals surface area contributed by atoms with E-state index in [-0.39, 0.29) is 42.1 Å². The Morgan fingerprint density at radius 2 is 1.97 bits per heavy atom. The van der Waals surface area contributed by atoms with Gasteiger partial charge in [-0.15, -0.1) is 0 Å². The highest BCUT2D eigenvalue weighted by atomic mass is 19.1. The molecule has 0 radical (unpaired) electrons. The lowest BCUT2D eigenvalue weighted by atomic mass is 9.88. The topological polar surface area (TPSA) is 68.3 Å². The quantitative estimate of drug-likeness (QED) is 0.749. The number of ether oxygens (including phenoxy) is 3. The van der Waals surface area contributed by atoms with Gasteiger partial charge >= 0.3 is 6.03 Å². The highest BCUT2D eigenvalue weighted by molar-refractivity contribution is 5.81.